The van der Waals surface area contributed by atoms with Crippen molar-refractivity contribution in [2.45, 2.75) is 18.9 Å². The summed E-state index contributed by atoms with van der Waals surface area (Å²) in [5, 5.41) is 13.1. The smallest absolute Gasteiger partial charge is 0.234 e. The number of nitriles is 1. The van der Waals surface area contributed by atoms with Crippen LogP contribution in [0.5, 0.6) is 0 Å². The molecule has 0 saturated carbocycles. The van der Waals surface area contributed by atoms with E-state index in [2.05, 4.69) is 16.4 Å². The Hall–Kier alpha value is -2.03. The number of nitrogens with one attached hydrogen (secondary N) is 1. The highest BCUT2D eigenvalue weighted by Gasteiger charge is 2.11. The quantitative estimate of drug-likeness (QED) is 0.861. The molecule has 2 rings (SSSR count). The molecule has 0 spiro atoms. The van der Waals surface area contributed by atoms with Gasteiger partial charge in [0.15, 0.2) is 0 Å². The molecule has 0 aliphatic rings. The van der Waals surface area contributed by atoms with Gasteiger partial charge in [0, 0.05) is 16.4 Å². The van der Waals surface area contributed by atoms with Crippen molar-refractivity contribution in [2.75, 3.05) is 11.1 Å². The fraction of sp³-hybridized carbons (Fsp3) is 0.188. The Morgan fingerprint density at radius 2 is 2.18 bits per heavy atom. The number of pyridine rings is 1. The number of anilines is 1. The van der Waals surface area contributed by atoms with Crippen LogP contribution in [0.25, 0.3) is 0 Å². The zero-order valence-corrected chi connectivity index (χ0v) is 13.8. The van der Waals surface area contributed by atoms with E-state index < -0.39 is 0 Å². The number of aryl methyl sites for hydroxylation is 2. The Labute approximate surface area is 138 Å². The highest BCUT2D eigenvalue weighted by Crippen LogP contribution is 2.24. The van der Waals surface area contributed by atoms with E-state index in [9.17, 15) is 10.1 Å². The fourth-order valence-corrected chi connectivity index (χ4v) is 3.03. The van der Waals surface area contributed by atoms with Gasteiger partial charge >= 0.3 is 0 Å². The van der Waals surface area contributed by atoms with Crippen molar-refractivity contribution in [3.63, 3.8) is 0 Å². The number of aromatic nitrogens is 1. The number of carbonyl (C=O) groups excluding carboxylic acids is 1. The molecule has 0 radical (unpaired) electrons. The van der Waals surface area contributed by atoms with Crippen molar-refractivity contribution in [1.29, 1.82) is 5.26 Å². The molecular weight excluding hydrogens is 318 g/mol. The van der Waals surface area contributed by atoms with Crippen molar-refractivity contribution < 1.29 is 4.79 Å². The molecule has 0 fully saturated rings. The number of halogens is 1. The zero-order valence-electron chi connectivity index (χ0n) is 12.2. The molecule has 1 N–H and O–H groups in total. The number of hydrogen-bond acceptors (Lipinski definition) is 4. The van der Waals surface area contributed by atoms with Crippen LogP contribution in [-0.2, 0) is 4.79 Å². The SMILES string of the molecule is Cc1cc(C)c(C#N)c(SCC(=O)Nc2cccc(Cl)c2)n1. The van der Waals surface area contributed by atoms with Crippen molar-refractivity contribution >= 4 is 35.0 Å². The molecule has 1 heterocycles. The summed E-state index contributed by atoms with van der Waals surface area (Å²) in [5.41, 5.74) is 2.86. The molecule has 1 aromatic heterocycles. The molecule has 0 bridgehead atoms. The van der Waals surface area contributed by atoms with Crippen LogP contribution >= 0.6 is 23.4 Å². The predicted molar refractivity (Wildman–Crippen MR) is 89.2 cm³/mol. The van der Waals surface area contributed by atoms with Gasteiger partial charge in [-0.1, -0.05) is 29.4 Å². The van der Waals surface area contributed by atoms with Crippen LogP contribution < -0.4 is 5.32 Å². The van der Waals surface area contributed by atoms with Gasteiger partial charge in [-0.05, 0) is 43.7 Å². The highest BCUT2D eigenvalue weighted by molar-refractivity contribution is 8.00. The van der Waals surface area contributed by atoms with Crippen molar-refractivity contribution in [3.05, 3.63) is 52.2 Å². The van der Waals surface area contributed by atoms with Crippen molar-refractivity contribution in [1.82, 2.24) is 4.98 Å². The molecule has 0 unspecified atom stereocenters. The fourth-order valence-electron chi connectivity index (χ4n) is 1.94. The third-order valence-corrected chi connectivity index (χ3v) is 4.08. The molecule has 1 amide bonds. The van der Waals surface area contributed by atoms with Crippen molar-refractivity contribution in [2.24, 2.45) is 0 Å². The van der Waals surface area contributed by atoms with Gasteiger partial charge in [-0.25, -0.2) is 4.98 Å². The maximum Gasteiger partial charge on any atom is 0.234 e. The van der Waals surface area contributed by atoms with E-state index in [0.717, 1.165) is 11.3 Å². The van der Waals surface area contributed by atoms with E-state index in [1.165, 1.54) is 11.8 Å². The number of carbonyl (C=O) groups is 1. The average molecular weight is 332 g/mol. The van der Waals surface area contributed by atoms with Crippen LogP contribution in [0.1, 0.15) is 16.8 Å². The summed E-state index contributed by atoms with van der Waals surface area (Å²) in [6.07, 6.45) is 0. The van der Waals surface area contributed by atoms with Gasteiger partial charge < -0.3 is 5.32 Å². The van der Waals surface area contributed by atoms with Crippen LogP contribution in [0, 0.1) is 25.2 Å². The molecule has 112 valence electrons. The summed E-state index contributed by atoms with van der Waals surface area (Å²) in [6, 6.07) is 11.0. The number of rotatable bonds is 4. The van der Waals surface area contributed by atoms with Gasteiger partial charge in [0.1, 0.15) is 11.1 Å². The normalized spacial score (nSPS) is 10.1. The monoisotopic (exact) mass is 331 g/mol. The van der Waals surface area contributed by atoms with Gasteiger partial charge in [-0.3, -0.25) is 4.79 Å². The maximum absolute atomic E-state index is 12.0. The number of amides is 1. The molecule has 0 saturated heterocycles. The number of thioether (sulfide) groups is 1. The van der Waals surface area contributed by atoms with Crippen molar-refractivity contribution in [3.8, 4) is 6.07 Å². The molecule has 0 atom stereocenters. The molecule has 0 aliphatic heterocycles. The second-order valence-electron chi connectivity index (χ2n) is 4.72. The Kier molecular flexibility index (Phi) is 5.42. The second-order valence-corrected chi connectivity index (χ2v) is 6.12. The summed E-state index contributed by atoms with van der Waals surface area (Å²) in [5.74, 6) is 0.00833. The van der Waals surface area contributed by atoms with Gasteiger partial charge in [0.05, 0.1) is 11.3 Å². The standard InChI is InChI=1S/C16H14ClN3OS/c1-10-6-11(2)19-16(14(10)8-18)22-9-15(21)20-13-5-3-4-12(17)7-13/h3-7H,9H2,1-2H3,(H,20,21). The first kappa shape index (κ1) is 16.3. The lowest BCUT2D eigenvalue weighted by Gasteiger charge is -2.08. The molecule has 22 heavy (non-hydrogen) atoms. The first-order chi connectivity index (χ1) is 10.5. The van der Waals surface area contributed by atoms with Gasteiger partial charge in [-0.2, -0.15) is 5.26 Å². The van der Waals surface area contributed by atoms with Gasteiger partial charge in [0.25, 0.3) is 0 Å². The largest absolute Gasteiger partial charge is 0.325 e. The van der Waals surface area contributed by atoms with Crippen LogP contribution in [-0.4, -0.2) is 16.6 Å². The summed E-state index contributed by atoms with van der Waals surface area (Å²) in [7, 11) is 0. The van der Waals surface area contributed by atoms with Gasteiger partial charge in [-0.15, -0.1) is 0 Å². The summed E-state index contributed by atoms with van der Waals surface area (Å²) < 4.78 is 0. The first-order valence-corrected chi connectivity index (χ1v) is 7.92. The minimum absolute atomic E-state index is 0.169. The minimum atomic E-state index is -0.169. The highest BCUT2D eigenvalue weighted by atomic mass is 35.5. The Morgan fingerprint density at radius 3 is 2.86 bits per heavy atom. The van der Waals surface area contributed by atoms with E-state index in [1.54, 1.807) is 24.3 Å². The zero-order chi connectivity index (χ0) is 16.1. The van der Waals surface area contributed by atoms with Crippen LogP contribution in [0.15, 0.2) is 35.4 Å². The molecule has 0 aliphatic carbocycles. The van der Waals surface area contributed by atoms with E-state index in [1.807, 2.05) is 19.9 Å². The average Bonchev–Trinajstić information content (AvgIpc) is 2.44. The summed E-state index contributed by atoms with van der Waals surface area (Å²) in [4.78, 5) is 16.3. The number of nitrogens with zero attached hydrogens (tertiary/aromatic N) is 2. The van der Waals surface area contributed by atoms with Gasteiger partial charge in [0.2, 0.25) is 5.91 Å². The van der Waals surface area contributed by atoms with Crippen LogP contribution in [0.4, 0.5) is 5.69 Å². The lowest BCUT2D eigenvalue weighted by Crippen LogP contribution is -2.14. The predicted octanol–water partition coefficient (Wildman–Crippen LogP) is 3.95. The first-order valence-electron chi connectivity index (χ1n) is 6.56. The topological polar surface area (TPSA) is 65.8 Å². The molecule has 1 aromatic carbocycles. The Morgan fingerprint density at radius 1 is 1.41 bits per heavy atom. The Bertz CT molecular complexity index is 756. The number of benzene rings is 1. The minimum Gasteiger partial charge on any atom is -0.325 e. The van der Waals surface area contributed by atoms with Crippen LogP contribution in [0.3, 0.4) is 0 Å². The molecule has 2 aromatic rings. The molecular formula is C16H14ClN3OS. The van der Waals surface area contributed by atoms with Crippen LogP contribution in [0.2, 0.25) is 5.02 Å². The third-order valence-electron chi connectivity index (χ3n) is 2.87. The third kappa shape index (κ3) is 4.23. The molecule has 4 nitrogen and oxygen atoms in total. The summed E-state index contributed by atoms with van der Waals surface area (Å²) >= 11 is 7.13. The molecule has 6 heteroatoms. The summed E-state index contributed by atoms with van der Waals surface area (Å²) in [6.45, 7) is 3.73. The lowest BCUT2D eigenvalue weighted by molar-refractivity contribution is -0.113. The van der Waals surface area contributed by atoms with E-state index in [4.69, 9.17) is 11.6 Å². The Balaban J connectivity index is 2.04. The second kappa shape index (κ2) is 7.30. The van der Waals surface area contributed by atoms with E-state index in [0.29, 0.717) is 21.3 Å². The van der Waals surface area contributed by atoms with E-state index in [-0.39, 0.29) is 11.7 Å². The lowest BCUT2D eigenvalue weighted by atomic mass is 10.1. The number of hydrogen-bond donors (Lipinski definition) is 1. The maximum atomic E-state index is 12.0. The van der Waals surface area contributed by atoms with E-state index >= 15 is 0 Å².